The molecule has 0 aliphatic heterocycles. The van der Waals surface area contributed by atoms with Gasteiger partial charge in [0.2, 0.25) is 0 Å². The number of carbonyl (C=O) groups excluding carboxylic acids is 1. The van der Waals surface area contributed by atoms with E-state index in [1.807, 2.05) is 0 Å². The van der Waals surface area contributed by atoms with Gasteiger partial charge in [-0.1, -0.05) is 12.1 Å². The quantitative estimate of drug-likeness (QED) is 0.589. The Morgan fingerprint density at radius 1 is 1.08 bits per heavy atom. The molecule has 1 aromatic carbocycles. The highest BCUT2D eigenvalue weighted by atomic mass is 16.6. The molecule has 0 aliphatic carbocycles. The van der Waals surface area contributed by atoms with E-state index < -0.39 is 35.6 Å². The topological polar surface area (TPSA) is 133 Å². The Hall–Kier alpha value is -2.77. The van der Waals surface area contributed by atoms with Crippen LogP contribution < -0.4 is 5.32 Å². The summed E-state index contributed by atoms with van der Waals surface area (Å²) >= 11 is 0. The number of aliphatic carboxylic acids is 2. The average Bonchev–Trinajstić information content (AvgIpc) is 2.45. The van der Waals surface area contributed by atoms with E-state index in [0.29, 0.717) is 5.56 Å². The van der Waals surface area contributed by atoms with Crippen LogP contribution in [0, 0.1) is 5.92 Å². The number of carbonyl (C=O) groups is 3. The highest BCUT2D eigenvalue weighted by molar-refractivity contribution is 5.81. The normalized spacial score (nSPS) is 13.6. The average molecular weight is 353 g/mol. The van der Waals surface area contributed by atoms with E-state index in [9.17, 15) is 29.7 Å². The summed E-state index contributed by atoms with van der Waals surface area (Å²) in [4.78, 5) is 34.6. The Balaban J connectivity index is 2.80. The van der Waals surface area contributed by atoms with Crippen LogP contribution in [0.15, 0.2) is 24.3 Å². The van der Waals surface area contributed by atoms with Crippen LogP contribution >= 0.6 is 0 Å². The number of phenolic OH excluding ortho intramolecular Hbond substituents is 1. The standard InChI is InChI=1S/C17H23NO7/c1-17(2,3)25-16(24)18-13(15(22)23)9-11(14(20)21)8-10-4-6-12(19)7-5-10/h4-7,11,13,19H,8-9H2,1-3H3,(H,18,24)(H,20,21)(H,22,23)/t11-,13-/m1/s1. The Morgan fingerprint density at radius 3 is 2.08 bits per heavy atom. The minimum Gasteiger partial charge on any atom is -0.508 e. The maximum atomic E-state index is 11.7. The van der Waals surface area contributed by atoms with Crippen molar-refractivity contribution in [3.63, 3.8) is 0 Å². The van der Waals surface area contributed by atoms with Crippen molar-refractivity contribution in [2.24, 2.45) is 5.92 Å². The van der Waals surface area contributed by atoms with Gasteiger partial charge in [0.15, 0.2) is 0 Å². The molecule has 2 atom stereocenters. The Bertz CT molecular complexity index is 619. The van der Waals surface area contributed by atoms with Gasteiger partial charge in [0, 0.05) is 0 Å². The summed E-state index contributed by atoms with van der Waals surface area (Å²) in [5, 5.41) is 30.1. The van der Waals surface area contributed by atoms with Crippen molar-refractivity contribution in [3.05, 3.63) is 29.8 Å². The Kier molecular flexibility index (Phi) is 6.78. The van der Waals surface area contributed by atoms with Crippen LogP contribution in [0.2, 0.25) is 0 Å². The van der Waals surface area contributed by atoms with Crippen LogP contribution in [0.5, 0.6) is 5.75 Å². The third-order valence-electron chi connectivity index (χ3n) is 3.28. The zero-order valence-electron chi connectivity index (χ0n) is 14.4. The van der Waals surface area contributed by atoms with Gasteiger partial charge in [0.1, 0.15) is 17.4 Å². The molecule has 8 heteroatoms. The van der Waals surface area contributed by atoms with Crippen molar-refractivity contribution in [1.29, 1.82) is 0 Å². The summed E-state index contributed by atoms with van der Waals surface area (Å²) in [6, 6.07) is 4.56. The van der Waals surface area contributed by atoms with Gasteiger partial charge in [-0.15, -0.1) is 0 Å². The first-order valence-electron chi connectivity index (χ1n) is 7.71. The predicted octanol–water partition coefficient (Wildman–Crippen LogP) is 2.00. The third-order valence-corrected chi connectivity index (χ3v) is 3.28. The molecule has 0 saturated carbocycles. The molecule has 8 nitrogen and oxygen atoms in total. The molecule has 0 heterocycles. The Morgan fingerprint density at radius 2 is 1.64 bits per heavy atom. The lowest BCUT2D eigenvalue weighted by Crippen LogP contribution is -2.45. The fourth-order valence-electron chi connectivity index (χ4n) is 2.14. The number of hydrogen-bond donors (Lipinski definition) is 4. The van der Waals surface area contributed by atoms with Gasteiger partial charge in [-0.3, -0.25) is 4.79 Å². The summed E-state index contributed by atoms with van der Waals surface area (Å²) < 4.78 is 5.00. The van der Waals surface area contributed by atoms with Gasteiger partial charge < -0.3 is 25.4 Å². The fraction of sp³-hybridized carbons (Fsp3) is 0.471. The zero-order valence-corrected chi connectivity index (χ0v) is 14.4. The van der Waals surface area contributed by atoms with Crippen molar-refractivity contribution in [1.82, 2.24) is 5.32 Å². The summed E-state index contributed by atoms with van der Waals surface area (Å²) in [6.45, 7) is 4.90. The number of hydrogen-bond acceptors (Lipinski definition) is 5. The van der Waals surface area contributed by atoms with E-state index in [1.54, 1.807) is 32.9 Å². The molecular formula is C17H23NO7. The number of carboxylic acids is 2. The van der Waals surface area contributed by atoms with E-state index in [4.69, 9.17) is 4.74 Å². The van der Waals surface area contributed by atoms with Crippen molar-refractivity contribution < 1.29 is 34.4 Å². The maximum Gasteiger partial charge on any atom is 0.408 e. The molecule has 1 amide bonds. The molecule has 0 bridgehead atoms. The molecule has 1 aromatic rings. The molecule has 0 fully saturated rings. The van der Waals surface area contributed by atoms with Gasteiger partial charge in [-0.2, -0.15) is 0 Å². The molecule has 1 rings (SSSR count). The van der Waals surface area contributed by atoms with E-state index in [2.05, 4.69) is 5.32 Å². The first kappa shape index (κ1) is 20.3. The second-order valence-corrected chi connectivity index (χ2v) is 6.68. The zero-order chi connectivity index (χ0) is 19.2. The van der Waals surface area contributed by atoms with Gasteiger partial charge in [-0.05, 0) is 51.3 Å². The number of aromatic hydroxyl groups is 1. The van der Waals surface area contributed by atoms with Crippen molar-refractivity contribution in [3.8, 4) is 5.75 Å². The van der Waals surface area contributed by atoms with Crippen LogP contribution in [0.1, 0.15) is 32.8 Å². The largest absolute Gasteiger partial charge is 0.508 e. The van der Waals surface area contributed by atoms with Crippen LogP contribution in [-0.4, -0.2) is 45.0 Å². The number of nitrogens with one attached hydrogen (secondary N) is 1. The summed E-state index contributed by atoms with van der Waals surface area (Å²) in [5.74, 6) is -3.50. The van der Waals surface area contributed by atoms with Crippen molar-refractivity contribution >= 4 is 18.0 Å². The lowest BCUT2D eigenvalue weighted by molar-refractivity contribution is -0.144. The first-order valence-corrected chi connectivity index (χ1v) is 7.71. The lowest BCUT2D eigenvalue weighted by Gasteiger charge is -2.23. The van der Waals surface area contributed by atoms with E-state index in [1.165, 1.54) is 12.1 Å². The summed E-state index contributed by atoms with van der Waals surface area (Å²) in [6.07, 6.45) is -1.16. The molecule has 0 aromatic heterocycles. The van der Waals surface area contributed by atoms with E-state index in [-0.39, 0.29) is 18.6 Å². The number of ether oxygens (including phenoxy) is 1. The number of phenols is 1. The molecule has 0 saturated heterocycles. The van der Waals surface area contributed by atoms with Crippen LogP contribution in [-0.2, 0) is 20.7 Å². The minimum atomic E-state index is -1.40. The molecule has 25 heavy (non-hydrogen) atoms. The smallest absolute Gasteiger partial charge is 0.408 e. The van der Waals surface area contributed by atoms with Gasteiger partial charge in [0.25, 0.3) is 0 Å². The predicted molar refractivity (Wildman–Crippen MR) is 88.3 cm³/mol. The number of alkyl carbamates (subject to hydrolysis) is 1. The number of carboxylic acid groups (broad SMARTS) is 2. The third kappa shape index (κ3) is 7.56. The molecule has 0 aliphatic rings. The van der Waals surface area contributed by atoms with Crippen LogP contribution in [0.3, 0.4) is 0 Å². The second-order valence-electron chi connectivity index (χ2n) is 6.68. The molecule has 4 N–H and O–H groups in total. The molecule has 0 radical (unpaired) electrons. The van der Waals surface area contributed by atoms with E-state index in [0.717, 1.165) is 0 Å². The summed E-state index contributed by atoms with van der Waals surface area (Å²) in [7, 11) is 0. The first-order chi connectivity index (χ1) is 11.5. The molecule has 138 valence electrons. The highest BCUT2D eigenvalue weighted by Gasteiger charge is 2.30. The molecular weight excluding hydrogens is 330 g/mol. The van der Waals surface area contributed by atoms with Gasteiger partial charge >= 0.3 is 18.0 Å². The maximum absolute atomic E-state index is 11.7. The van der Waals surface area contributed by atoms with Crippen molar-refractivity contribution in [2.45, 2.75) is 45.3 Å². The second kappa shape index (κ2) is 8.36. The minimum absolute atomic E-state index is 0.0469. The van der Waals surface area contributed by atoms with Crippen molar-refractivity contribution in [2.75, 3.05) is 0 Å². The summed E-state index contributed by atoms with van der Waals surface area (Å²) in [5.41, 5.74) is -0.169. The van der Waals surface area contributed by atoms with Crippen LogP contribution in [0.4, 0.5) is 4.79 Å². The number of benzene rings is 1. The Labute approximate surface area is 145 Å². The van der Waals surface area contributed by atoms with E-state index >= 15 is 0 Å². The molecule has 0 spiro atoms. The van der Waals surface area contributed by atoms with Gasteiger partial charge in [0.05, 0.1) is 5.92 Å². The number of rotatable bonds is 7. The molecule has 0 unspecified atom stereocenters. The SMILES string of the molecule is CC(C)(C)OC(=O)N[C@H](C[C@@H](Cc1ccc(O)cc1)C(=O)O)C(=O)O. The monoisotopic (exact) mass is 353 g/mol. The highest BCUT2D eigenvalue weighted by Crippen LogP contribution is 2.18. The number of amides is 1. The lowest BCUT2D eigenvalue weighted by atomic mass is 9.92. The van der Waals surface area contributed by atoms with Gasteiger partial charge in [-0.25, -0.2) is 9.59 Å². The van der Waals surface area contributed by atoms with Crippen LogP contribution in [0.25, 0.3) is 0 Å². The fourth-order valence-corrected chi connectivity index (χ4v) is 2.14.